The highest BCUT2D eigenvalue weighted by molar-refractivity contribution is 9.09. The van der Waals surface area contributed by atoms with Crippen LogP contribution in [0.2, 0.25) is 5.15 Å². The number of imidazole rings is 1. The Balaban J connectivity index is 1.93. The van der Waals surface area contributed by atoms with Crippen molar-refractivity contribution in [2.45, 2.75) is 31.1 Å². The van der Waals surface area contributed by atoms with Crippen LogP contribution in [-0.4, -0.2) is 28.9 Å². The van der Waals surface area contributed by atoms with Gasteiger partial charge in [0.2, 0.25) is 0 Å². The third-order valence-corrected chi connectivity index (χ3v) is 6.01. The van der Waals surface area contributed by atoms with Crippen LogP contribution in [0, 0.1) is 0 Å². The van der Waals surface area contributed by atoms with Crippen molar-refractivity contribution in [1.82, 2.24) is 9.55 Å². The molecule has 1 atom stereocenters. The molecule has 1 heterocycles. The van der Waals surface area contributed by atoms with Gasteiger partial charge in [-0.3, -0.25) is 4.79 Å². The maximum absolute atomic E-state index is 12.1. The van der Waals surface area contributed by atoms with Gasteiger partial charge in [0.15, 0.2) is 11.4 Å². The van der Waals surface area contributed by atoms with E-state index in [4.69, 9.17) is 16.3 Å². The van der Waals surface area contributed by atoms with Crippen molar-refractivity contribution < 1.29 is 14.3 Å². The first-order valence-corrected chi connectivity index (χ1v) is 10.9. The number of benzene rings is 2. The Hall–Kier alpha value is -2.44. The van der Waals surface area contributed by atoms with Gasteiger partial charge in [-0.15, -0.1) is 0 Å². The van der Waals surface area contributed by atoms with Crippen LogP contribution in [0.3, 0.4) is 0 Å². The number of halogens is 2. The summed E-state index contributed by atoms with van der Waals surface area (Å²) in [7, 11) is 1.37. The first-order valence-electron chi connectivity index (χ1n) is 9.62. The molecule has 2 aromatic carbocycles. The van der Waals surface area contributed by atoms with Crippen molar-refractivity contribution in [3.63, 3.8) is 0 Å². The van der Waals surface area contributed by atoms with E-state index in [-0.39, 0.29) is 15.9 Å². The Morgan fingerprint density at radius 1 is 1.23 bits per heavy atom. The van der Waals surface area contributed by atoms with Crippen LogP contribution in [0.25, 0.3) is 11.1 Å². The number of aromatic nitrogens is 2. The molecule has 0 aliphatic heterocycles. The smallest absolute Gasteiger partial charge is 0.338 e. The Bertz CT molecular complexity index is 1050. The van der Waals surface area contributed by atoms with Crippen LogP contribution >= 0.6 is 27.5 Å². The van der Waals surface area contributed by atoms with Gasteiger partial charge in [-0.25, -0.2) is 9.78 Å². The summed E-state index contributed by atoms with van der Waals surface area (Å²) in [5.74, 6) is 0.367. The molecule has 0 saturated carbocycles. The molecule has 0 amide bonds. The highest BCUT2D eigenvalue weighted by Gasteiger charge is 2.21. The van der Waals surface area contributed by atoms with Crippen LogP contribution in [-0.2, 0) is 11.3 Å². The molecular weight excluding hydrogens is 468 g/mol. The summed E-state index contributed by atoms with van der Waals surface area (Å²) in [6, 6.07) is 15.2. The molecule has 0 saturated heterocycles. The fourth-order valence-corrected chi connectivity index (χ4v) is 4.39. The number of carbonyl (C=O) groups excluding carboxylic acids is 2. The second-order valence-corrected chi connectivity index (χ2v) is 8.30. The van der Waals surface area contributed by atoms with E-state index in [1.54, 1.807) is 6.07 Å². The number of methoxy groups -OCH3 is 1. The van der Waals surface area contributed by atoms with Crippen LogP contribution in [0.1, 0.15) is 56.8 Å². The van der Waals surface area contributed by atoms with E-state index in [9.17, 15) is 9.59 Å². The first kappa shape index (κ1) is 22.2. The van der Waals surface area contributed by atoms with Crippen LogP contribution < -0.4 is 0 Å². The van der Waals surface area contributed by atoms with Gasteiger partial charge in [0.25, 0.3) is 0 Å². The molecule has 0 aliphatic rings. The zero-order valence-electron chi connectivity index (χ0n) is 16.8. The summed E-state index contributed by atoms with van der Waals surface area (Å²) in [4.78, 5) is 28.1. The molecule has 30 heavy (non-hydrogen) atoms. The lowest BCUT2D eigenvalue weighted by Crippen LogP contribution is -2.10. The SMILES string of the molecule is CCCC(Br)c1nc(Cl)c(C=O)n1Cc1ccc(-c2ccccc2C(=O)OC)cc1. The standard InChI is InChI=1S/C23H22BrClN2O3/c1-3-6-19(24)22-26-21(25)20(14-28)27(22)13-15-9-11-16(12-10-15)17-7-4-5-8-18(17)23(29)30-2/h4-5,7-12,14,19H,3,6,13H2,1-2H3. The molecule has 0 radical (unpaired) electrons. The van der Waals surface area contributed by atoms with E-state index >= 15 is 0 Å². The molecular formula is C23H22BrClN2O3. The molecule has 0 bridgehead atoms. The number of esters is 1. The zero-order chi connectivity index (χ0) is 21.7. The summed E-state index contributed by atoms with van der Waals surface area (Å²) < 4.78 is 6.73. The number of ether oxygens (including phenoxy) is 1. The molecule has 0 N–H and O–H groups in total. The van der Waals surface area contributed by atoms with E-state index in [1.165, 1.54) is 7.11 Å². The predicted octanol–water partition coefficient (Wildman–Crippen LogP) is 6.09. The van der Waals surface area contributed by atoms with Crippen molar-refractivity contribution in [3.05, 3.63) is 76.3 Å². The number of aldehydes is 1. The summed E-state index contributed by atoms with van der Waals surface area (Å²) in [5.41, 5.74) is 3.58. The van der Waals surface area contributed by atoms with E-state index in [1.807, 2.05) is 47.0 Å². The van der Waals surface area contributed by atoms with Crippen molar-refractivity contribution in [3.8, 4) is 11.1 Å². The third-order valence-electron chi connectivity index (χ3n) is 4.86. The molecule has 7 heteroatoms. The van der Waals surface area contributed by atoms with E-state index in [0.29, 0.717) is 17.8 Å². The van der Waals surface area contributed by atoms with Crippen molar-refractivity contribution in [1.29, 1.82) is 0 Å². The van der Waals surface area contributed by atoms with Gasteiger partial charge in [0, 0.05) is 6.54 Å². The molecule has 5 nitrogen and oxygen atoms in total. The third kappa shape index (κ3) is 4.65. The number of hydrogen-bond donors (Lipinski definition) is 0. The zero-order valence-corrected chi connectivity index (χ0v) is 19.1. The van der Waals surface area contributed by atoms with E-state index in [0.717, 1.165) is 41.6 Å². The maximum atomic E-state index is 12.1. The number of rotatable bonds is 8. The Labute approximate surface area is 189 Å². The van der Waals surface area contributed by atoms with Crippen molar-refractivity contribution in [2.24, 2.45) is 0 Å². The number of nitrogens with zero attached hydrogens (tertiary/aromatic N) is 2. The molecule has 0 fully saturated rings. The minimum atomic E-state index is -0.373. The lowest BCUT2D eigenvalue weighted by atomic mass is 9.98. The fourth-order valence-electron chi connectivity index (χ4n) is 3.35. The Kier molecular flexibility index (Phi) is 7.45. The van der Waals surface area contributed by atoms with E-state index in [2.05, 4.69) is 27.8 Å². The summed E-state index contributed by atoms with van der Waals surface area (Å²) in [6.07, 6.45) is 2.60. The molecule has 1 aromatic heterocycles. The molecule has 3 aromatic rings. The average molecular weight is 490 g/mol. The quantitative estimate of drug-likeness (QED) is 0.218. The van der Waals surface area contributed by atoms with E-state index < -0.39 is 0 Å². The minimum Gasteiger partial charge on any atom is -0.465 e. The second-order valence-electron chi connectivity index (χ2n) is 6.84. The average Bonchev–Trinajstić information content (AvgIpc) is 3.09. The van der Waals surface area contributed by atoms with Gasteiger partial charge in [-0.05, 0) is 29.2 Å². The van der Waals surface area contributed by atoms with Gasteiger partial charge in [0.1, 0.15) is 11.5 Å². The number of hydrogen-bond acceptors (Lipinski definition) is 4. The van der Waals surface area contributed by atoms with Crippen LogP contribution in [0.4, 0.5) is 0 Å². The largest absolute Gasteiger partial charge is 0.465 e. The van der Waals surface area contributed by atoms with Gasteiger partial charge in [-0.2, -0.15) is 0 Å². The molecule has 0 spiro atoms. The molecule has 1 unspecified atom stereocenters. The summed E-state index contributed by atoms with van der Waals surface area (Å²) >= 11 is 9.85. The maximum Gasteiger partial charge on any atom is 0.338 e. The van der Waals surface area contributed by atoms with Gasteiger partial charge >= 0.3 is 5.97 Å². The van der Waals surface area contributed by atoms with Crippen molar-refractivity contribution in [2.75, 3.05) is 7.11 Å². The topological polar surface area (TPSA) is 61.2 Å². The highest BCUT2D eigenvalue weighted by Crippen LogP contribution is 2.31. The summed E-state index contributed by atoms with van der Waals surface area (Å²) in [6.45, 7) is 2.56. The predicted molar refractivity (Wildman–Crippen MR) is 122 cm³/mol. The van der Waals surface area contributed by atoms with Gasteiger partial charge in [-0.1, -0.05) is 83.3 Å². The fraction of sp³-hybridized carbons (Fsp3) is 0.261. The monoisotopic (exact) mass is 488 g/mol. The Morgan fingerprint density at radius 3 is 2.57 bits per heavy atom. The minimum absolute atomic E-state index is 0.0138. The van der Waals surface area contributed by atoms with Crippen molar-refractivity contribution >= 4 is 39.8 Å². The number of carbonyl (C=O) groups is 2. The first-order chi connectivity index (χ1) is 14.5. The molecule has 156 valence electrons. The number of alkyl halides is 1. The highest BCUT2D eigenvalue weighted by atomic mass is 79.9. The molecule has 3 rings (SSSR count). The summed E-state index contributed by atoms with van der Waals surface area (Å²) in [5, 5.41) is 0.212. The normalized spacial score (nSPS) is 11.9. The lowest BCUT2D eigenvalue weighted by molar-refractivity contribution is 0.0601. The van der Waals surface area contributed by atoms with Crippen LogP contribution in [0.5, 0.6) is 0 Å². The molecule has 0 aliphatic carbocycles. The Morgan fingerprint density at radius 2 is 1.93 bits per heavy atom. The lowest BCUT2D eigenvalue weighted by Gasteiger charge is -2.14. The second kappa shape index (κ2) is 10.0. The van der Waals surface area contributed by atoms with Gasteiger partial charge < -0.3 is 9.30 Å². The van der Waals surface area contributed by atoms with Crippen LogP contribution in [0.15, 0.2) is 48.5 Å². The van der Waals surface area contributed by atoms with Gasteiger partial charge in [0.05, 0.1) is 17.5 Å².